The molecule has 2 unspecified atom stereocenters. The van der Waals surface area contributed by atoms with Gasteiger partial charge < -0.3 is 0 Å². The molecule has 0 radical (unpaired) electrons. The minimum atomic E-state index is 0.363. The van der Waals surface area contributed by atoms with Crippen molar-refractivity contribution in [2.24, 2.45) is 0 Å². The van der Waals surface area contributed by atoms with Gasteiger partial charge in [-0.2, -0.15) is 0 Å². The molecule has 0 aliphatic heterocycles. The fraction of sp³-hybridized carbons (Fsp3) is 1.00. The Morgan fingerprint density at radius 3 is 1.57 bits per heavy atom. The van der Waals surface area contributed by atoms with Gasteiger partial charge in [0.05, 0.1) is 0 Å². The van der Waals surface area contributed by atoms with Crippen LogP contribution in [0.3, 0.4) is 0 Å². The zero-order chi connectivity index (χ0) is 5.28. The summed E-state index contributed by atoms with van der Waals surface area (Å²) in [6, 6.07) is 0. The second-order valence-corrected chi connectivity index (χ2v) is 3.24. The third-order valence-electron chi connectivity index (χ3n) is 1.30. The third kappa shape index (κ3) is 1.50. The number of halogens is 2. The van der Waals surface area contributed by atoms with E-state index in [1.165, 1.54) is 0 Å². The normalized spacial score (nSPS) is 42.0. The van der Waals surface area contributed by atoms with E-state index in [0.29, 0.717) is 10.8 Å². The van der Waals surface area contributed by atoms with Crippen LogP contribution in [0.4, 0.5) is 0 Å². The zero-order valence-corrected chi connectivity index (χ0v) is 5.54. The highest BCUT2D eigenvalue weighted by atomic mass is 35.5. The molecule has 0 aromatic heterocycles. The summed E-state index contributed by atoms with van der Waals surface area (Å²) < 4.78 is 0. The SMILES string of the molecule is ClC1CCC(Cl)C1. The number of alkyl halides is 2. The maximum absolute atomic E-state index is 5.72. The minimum absolute atomic E-state index is 0.363. The summed E-state index contributed by atoms with van der Waals surface area (Å²) in [7, 11) is 0. The first-order valence-electron chi connectivity index (χ1n) is 2.57. The quantitative estimate of drug-likeness (QED) is 0.452. The maximum atomic E-state index is 5.72. The topological polar surface area (TPSA) is 0 Å². The summed E-state index contributed by atoms with van der Waals surface area (Å²) in [6.45, 7) is 0. The Labute approximate surface area is 53.8 Å². The molecule has 0 aromatic rings. The lowest BCUT2D eigenvalue weighted by atomic mass is 10.4. The van der Waals surface area contributed by atoms with E-state index >= 15 is 0 Å². The Morgan fingerprint density at radius 1 is 1.00 bits per heavy atom. The molecular formula is C5H8Cl2. The van der Waals surface area contributed by atoms with Gasteiger partial charge in [-0.05, 0) is 19.3 Å². The average molecular weight is 139 g/mol. The van der Waals surface area contributed by atoms with Crippen molar-refractivity contribution in [3.63, 3.8) is 0 Å². The molecule has 0 amide bonds. The predicted molar refractivity (Wildman–Crippen MR) is 33.1 cm³/mol. The summed E-state index contributed by atoms with van der Waals surface area (Å²) in [5.74, 6) is 0. The zero-order valence-electron chi connectivity index (χ0n) is 4.03. The van der Waals surface area contributed by atoms with Gasteiger partial charge in [-0.1, -0.05) is 0 Å². The van der Waals surface area contributed by atoms with E-state index in [9.17, 15) is 0 Å². The van der Waals surface area contributed by atoms with Crippen LogP contribution >= 0.6 is 23.2 Å². The van der Waals surface area contributed by atoms with Crippen molar-refractivity contribution in [1.29, 1.82) is 0 Å². The molecule has 0 spiro atoms. The van der Waals surface area contributed by atoms with Gasteiger partial charge >= 0.3 is 0 Å². The summed E-state index contributed by atoms with van der Waals surface area (Å²) in [5.41, 5.74) is 0. The number of hydrogen-bond acceptors (Lipinski definition) is 0. The van der Waals surface area contributed by atoms with Crippen LogP contribution in [0.5, 0.6) is 0 Å². The second kappa shape index (κ2) is 2.23. The van der Waals surface area contributed by atoms with Crippen molar-refractivity contribution in [2.45, 2.75) is 30.0 Å². The smallest absolute Gasteiger partial charge is 0.0350 e. The molecule has 1 saturated carbocycles. The van der Waals surface area contributed by atoms with Crippen LogP contribution in [0.25, 0.3) is 0 Å². The molecule has 2 heteroatoms. The predicted octanol–water partition coefficient (Wildman–Crippen LogP) is 2.39. The molecule has 1 fully saturated rings. The molecular weight excluding hydrogens is 131 g/mol. The monoisotopic (exact) mass is 138 g/mol. The van der Waals surface area contributed by atoms with E-state index in [-0.39, 0.29) is 0 Å². The molecule has 7 heavy (non-hydrogen) atoms. The summed E-state index contributed by atoms with van der Waals surface area (Å²) >= 11 is 11.4. The first-order valence-corrected chi connectivity index (χ1v) is 3.44. The Kier molecular flexibility index (Phi) is 1.82. The van der Waals surface area contributed by atoms with E-state index < -0.39 is 0 Å². The number of hydrogen-bond donors (Lipinski definition) is 0. The van der Waals surface area contributed by atoms with Gasteiger partial charge in [0.1, 0.15) is 0 Å². The molecule has 0 bridgehead atoms. The molecule has 0 N–H and O–H groups in total. The van der Waals surface area contributed by atoms with Crippen molar-refractivity contribution < 1.29 is 0 Å². The summed E-state index contributed by atoms with van der Waals surface area (Å²) in [6.07, 6.45) is 3.22. The van der Waals surface area contributed by atoms with Crippen LogP contribution in [-0.4, -0.2) is 10.8 Å². The van der Waals surface area contributed by atoms with Gasteiger partial charge in [0.2, 0.25) is 0 Å². The highest BCUT2D eigenvalue weighted by Gasteiger charge is 2.19. The van der Waals surface area contributed by atoms with Gasteiger partial charge in [0.25, 0.3) is 0 Å². The van der Waals surface area contributed by atoms with Crippen LogP contribution in [0.1, 0.15) is 19.3 Å². The molecule has 0 nitrogen and oxygen atoms in total. The lowest BCUT2D eigenvalue weighted by Crippen LogP contribution is -1.90. The lowest BCUT2D eigenvalue weighted by Gasteiger charge is -1.92. The van der Waals surface area contributed by atoms with Gasteiger partial charge in [-0.15, -0.1) is 23.2 Å². The van der Waals surface area contributed by atoms with E-state index in [1.807, 2.05) is 0 Å². The van der Waals surface area contributed by atoms with Crippen LogP contribution in [0.15, 0.2) is 0 Å². The fourth-order valence-corrected chi connectivity index (χ4v) is 1.65. The van der Waals surface area contributed by atoms with Crippen LogP contribution in [-0.2, 0) is 0 Å². The van der Waals surface area contributed by atoms with Crippen molar-refractivity contribution in [3.8, 4) is 0 Å². The highest BCUT2D eigenvalue weighted by molar-refractivity contribution is 6.24. The molecule has 42 valence electrons. The molecule has 2 atom stereocenters. The standard InChI is InChI=1S/C5H8Cl2/c6-4-1-2-5(7)3-4/h4-5H,1-3H2. The molecule has 0 aromatic carbocycles. The largest absolute Gasteiger partial charge is 0.123 e. The lowest BCUT2D eigenvalue weighted by molar-refractivity contribution is 0.893. The van der Waals surface area contributed by atoms with Gasteiger partial charge in [-0.25, -0.2) is 0 Å². The summed E-state index contributed by atoms with van der Waals surface area (Å²) in [4.78, 5) is 0. The molecule has 1 aliphatic carbocycles. The van der Waals surface area contributed by atoms with Gasteiger partial charge in [0.15, 0.2) is 0 Å². The average Bonchev–Trinajstić information content (AvgIpc) is 1.87. The van der Waals surface area contributed by atoms with Crippen molar-refractivity contribution in [2.75, 3.05) is 0 Å². The Bertz CT molecular complexity index is 55.1. The fourth-order valence-electron chi connectivity index (χ4n) is 0.875. The Balaban J connectivity index is 2.26. The third-order valence-corrected chi connectivity index (χ3v) is 2.10. The second-order valence-electron chi connectivity index (χ2n) is 2.01. The van der Waals surface area contributed by atoms with Crippen LogP contribution < -0.4 is 0 Å². The van der Waals surface area contributed by atoms with E-state index in [1.54, 1.807) is 0 Å². The van der Waals surface area contributed by atoms with Gasteiger partial charge in [0, 0.05) is 10.8 Å². The molecule has 1 aliphatic rings. The van der Waals surface area contributed by atoms with Crippen LogP contribution in [0, 0.1) is 0 Å². The van der Waals surface area contributed by atoms with Crippen molar-refractivity contribution in [1.82, 2.24) is 0 Å². The van der Waals surface area contributed by atoms with Crippen molar-refractivity contribution in [3.05, 3.63) is 0 Å². The first kappa shape index (κ1) is 5.71. The summed E-state index contributed by atoms with van der Waals surface area (Å²) in [5, 5.41) is 0.727. The maximum Gasteiger partial charge on any atom is 0.0350 e. The Morgan fingerprint density at radius 2 is 1.43 bits per heavy atom. The van der Waals surface area contributed by atoms with E-state index in [4.69, 9.17) is 23.2 Å². The van der Waals surface area contributed by atoms with Crippen molar-refractivity contribution >= 4 is 23.2 Å². The van der Waals surface area contributed by atoms with Gasteiger partial charge in [-0.3, -0.25) is 0 Å². The van der Waals surface area contributed by atoms with E-state index in [0.717, 1.165) is 19.3 Å². The molecule has 0 heterocycles. The number of rotatable bonds is 0. The molecule has 0 saturated heterocycles. The van der Waals surface area contributed by atoms with E-state index in [2.05, 4.69) is 0 Å². The Hall–Kier alpha value is 0.580. The molecule has 1 rings (SSSR count). The highest BCUT2D eigenvalue weighted by Crippen LogP contribution is 2.27. The first-order chi connectivity index (χ1) is 3.29. The van der Waals surface area contributed by atoms with Crippen LogP contribution in [0.2, 0.25) is 0 Å². The minimum Gasteiger partial charge on any atom is -0.123 e.